The van der Waals surface area contributed by atoms with Gasteiger partial charge in [0.05, 0.1) is 0 Å². The third-order valence-electron chi connectivity index (χ3n) is 1.01. The Labute approximate surface area is 59.5 Å². The highest BCUT2D eigenvalue weighted by Crippen LogP contribution is 1.95. The Morgan fingerprint density at radius 2 is 2.09 bits per heavy atom. The molecule has 0 spiro atoms. The molecule has 0 atom stereocenters. The van der Waals surface area contributed by atoms with Gasteiger partial charge in [0.15, 0.2) is 5.69 Å². The second kappa shape index (κ2) is 2.56. The molecule has 0 unspecified atom stereocenters. The smallest absolute Gasteiger partial charge is 0.312 e. The van der Waals surface area contributed by atoms with E-state index in [1.54, 1.807) is 4.98 Å². The molecular formula is C4H4N3O4. The van der Waals surface area contributed by atoms with E-state index in [2.05, 4.69) is 0 Å². The first-order valence-corrected chi connectivity index (χ1v) is 2.59. The van der Waals surface area contributed by atoms with E-state index in [-0.39, 0.29) is 0 Å². The molecule has 1 aromatic rings. The van der Waals surface area contributed by atoms with Crippen molar-refractivity contribution in [3.05, 3.63) is 27.0 Å². The van der Waals surface area contributed by atoms with Crippen molar-refractivity contribution in [1.82, 2.24) is 9.97 Å². The van der Waals surface area contributed by atoms with Crippen LogP contribution in [-0.2, 0) is 5.21 Å². The number of H-pyrrole nitrogens is 2. The molecule has 0 aliphatic rings. The first-order chi connectivity index (χ1) is 5.11. The van der Waals surface area contributed by atoms with Gasteiger partial charge in [-0.3, -0.25) is 15.0 Å². The minimum atomic E-state index is -0.939. The highest BCUT2D eigenvalue weighted by Gasteiger charge is 2.05. The average molecular weight is 158 g/mol. The average Bonchev–Trinajstić information content (AvgIpc) is 1.85. The highest BCUT2D eigenvalue weighted by molar-refractivity contribution is 5.33. The Morgan fingerprint density at radius 3 is 2.55 bits per heavy atom. The van der Waals surface area contributed by atoms with Crippen molar-refractivity contribution in [2.75, 3.05) is 5.23 Å². The minimum absolute atomic E-state index is 0.565. The van der Waals surface area contributed by atoms with Crippen LogP contribution < -0.4 is 16.5 Å². The lowest BCUT2D eigenvalue weighted by Crippen LogP contribution is -2.27. The standard InChI is InChI=1S/C4H4N3O4/c8-3-2(7(10)11)1-5-4(9)6-3/h1,10H,(H2,5,6,8,9). The molecule has 0 bridgehead atoms. The van der Waals surface area contributed by atoms with E-state index >= 15 is 0 Å². The number of rotatable bonds is 1. The summed E-state index contributed by atoms with van der Waals surface area (Å²) >= 11 is 0. The summed E-state index contributed by atoms with van der Waals surface area (Å²) in [4.78, 5) is 24.7. The molecule has 11 heavy (non-hydrogen) atoms. The number of hydrogen-bond acceptors (Lipinski definition) is 4. The fourth-order valence-electron chi connectivity index (χ4n) is 0.545. The summed E-state index contributed by atoms with van der Waals surface area (Å²) in [5.41, 5.74) is -2.24. The first-order valence-electron chi connectivity index (χ1n) is 2.59. The lowest BCUT2D eigenvalue weighted by molar-refractivity contribution is -0.0276. The molecule has 0 fully saturated rings. The van der Waals surface area contributed by atoms with E-state index in [1.807, 2.05) is 4.98 Å². The van der Waals surface area contributed by atoms with Crippen molar-refractivity contribution in [1.29, 1.82) is 0 Å². The predicted molar refractivity (Wildman–Crippen MR) is 32.6 cm³/mol. The van der Waals surface area contributed by atoms with Crippen LogP contribution in [0.25, 0.3) is 0 Å². The van der Waals surface area contributed by atoms with Gasteiger partial charge in [0.25, 0.3) is 5.56 Å². The molecule has 1 heterocycles. The molecule has 0 aliphatic heterocycles. The van der Waals surface area contributed by atoms with Gasteiger partial charge in [-0.15, -0.1) is 0 Å². The maximum atomic E-state index is 10.6. The number of anilines is 1. The highest BCUT2D eigenvalue weighted by atomic mass is 16.8. The molecule has 0 amide bonds. The van der Waals surface area contributed by atoms with Gasteiger partial charge in [-0.05, 0) is 0 Å². The fraction of sp³-hybridized carbons (Fsp3) is 0. The monoisotopic (exact) mass is 158 g/mol. The number of aromatic amines is 2. The SMILES string of the molecule is [O]N(O)c1c[nH]c(=O)[nH]c1=O. The van der Waals surface area contributed by atoms with Crippen LogP contribution in [0.1, 0.15) is 0 Å². The van der Waals surface area contributed by atoms with Crippen molar-refractivity contribution in [3.63, 3.8) is 0 Å². The quantitative estimate of drug-likeness (QED) is 0.437. The van der Waals surface area contributed by atoms with Crippen LogP contribution in [0.5, 0.6) is 0 Å². The number of nitrogens with zero attached hydrogens (tertiary/aromatic N) is 1. The molecule has 1 rings (SSSR count). The predicted octanol–water partition coefficient (Wildman–Crippen LogP) is -1.40. The molecule has 1 aromatic heterocycles. The van der Waals surface area contributed by atoms with Crippen LogP contribution in [0.3, 0.4) is 0 Å². The van der Waals surface area contributed by atoms with Crippen LogP contribution in [0.15, 0.2) is 15.8 Å². The maximum Gasteiger partial charge on any atom is 0.325 e. The Balaban J connectivity index is 3.32. The van der Waals surface area contributed by atoms with E-state index < -0.39 is 22.2 Å². The van der Waals surface area contributed by atoms with E-state index in [1.165, 1.54) is 0 Å². The Morgan fingerprint density at radius 1 is 1.45 bits per heavy atom. The molecule has 1 radical (unpaired) electrons. The van der Waals surface area contributed by atoms with Crippen molar-refractivity contribution >= 4 is 5.69 Å². The molecule has 59 valence electrons. The molecule has 0 aliphatic carbocycles. The van der Waals surface area contributed by atoms with Crippen molar-refractivity contribution in [3.8, 4) is 0 Å². The molecule has 7 heteroatoms. The van der Waals surface area contributed by atoms with E-state index in [9.17, 15) is 14.8 Å². The van der Waals surface area contributed by atoms with Gasteiger partial charge in [0, 0.05) is 6.20 Å². The Kier molecular flexibility index (Phi) is 1.75. The lowest BCUT2D eigenvalue weighted by Gasteiger charge is -2.00. The van der Waals surface area contributed by atoms with Crippen LogP contribution in [0.2, 0.25) is 0 Å². The largest absolute Gasteiger partial charge is 0.325 e. The zero-order chi connectivity index (χ0) is 8.43. The van der Waals surface area contributed by atoms with Gasteiger partial charge in [-0.25, -0.2) is 4.79 Å². The topological polar surface area (TPSA) is 109 Å². The second-order valence-corrected chi connectivity index (χ2v) is 1.73. The van der Waals surface area contributed by atoms with E-state index in [0.29, 0.717) is 0 Å². The van der Waals surface area contributed by atoms with Crippen molar-refractivity contribution in [2.45, 2.75) is 0 Å². The van der Waals surface area contributed by atoms with Gasteiger partial charge in [0.2, 0.25) is 0 Å². The summed E-state index contributed by atoms with van der Waals surface area (Å²) in [5.74, 6) is 0. The zero-order valence-electron chi connectivity index (χ0n) is 5.20. The van der Waals surface area contributed by atoms with E-state index in [0.717, 1.165) is 6.20 Å². The third-order valence-corrected chi connectivity index (χ3v) is 1.01. The first kappa shape index (κ1) is 7.51. The van der Waals surface area contributed by atoms with Gasteiger partial charge < -0.3 is 4.98 Å². The van der Waals surface area contributed by atoms with Crippen LogP contribution in [-0.4, -0.2) is 15.2 Å². The molecule has 7 nitrogen and oxygen atoms in total. The summed E-state index contributed by atoms with van der Waals surface area (Å²) < 4.78 is 0. The Bertz CT molecular complexity index is 351. The fourth-order valence-corrected chi connectivity index (χ4v) is 0.545. The van der Waals surface area contributed by atoms with Crippen molar-refractivity contribution in [2.24, 2.45) is 0 Å². The second-order valence-electron chi connectivity index (χ2n) is 1.73. The number of nitrogens with one attached hydrogen (secondary N) is 2. The molecule has 0 saturated heterocycles. The molecule has 0 saturated carbocycles. The van der Waals surface area contributed by atoms with Crippen LogP contribution in [0, 0.1) is 0 Å². The Hall–Kier alpha value is -1.60. The molecular weight excluding hydrogens is 154 g/mol. The van der Waals surface area contributed by atoms with Crippen molar-refractivity contribution < 1.29 is 10.4 Å². The minimum Gasteiger partial charge on any atom is -0.312 e. The molecule has 3 N–H and O–H groups in total. The third kappa shape index (κ3) is 1.45. The van der Waals surface area contributed by atoms with Crippen LogP contribution >= 0.6 is 0 Å². The summed E-state index contributed by atoms with van der Waals surface area (Å²) in [6.07, 6.45) is 0.814. The summed E-state index contributed by atoms with van der Waals surface area (Å²) in [5, 5.41) is 17.7. The van der Waals surface area contributed by atoms with Gasteiger partial charge in [-0.1, -0.05) is 10.4 Å². The summed E-state index contributed by atoms with van der Waals surface area (Å²) in [6, 6.07) is 0. The van der Waals surface area contributed by atoms with Crippen LogP contribution in [0.4, 0.5) is 5.69 Å². The number of hydrogen-bond donors (Lipinski definition) is 3. The summed E-state index contributed by atoms with van der Waals surface area (Å²) in [6.45, 7) is 0. The number of aromatic nitrogens is 2. The zero-order valence-corrected chi connectivity index (χ0v) is 5.20. The lowest BCUT2D eigenvalue weighted by atomic mass is 10.5. The normalized spacial score (nSPS) is 9.64. The van der Waals surface area contributed by atoms with Gasteiger partial charge in [0.1, 0.15) is 0 Å². The summed E-state index contributed by atoms with van der Waals surface area (Å²) in [7, 11) is 0. The molecule has 0 aromatic carbocycles. The van der Waals surface area contributed by atoms with E-state index in [4.69, 9.17) is 5.21 Å². The van der Waals surface area contributed by atoms with Gasteiger partial charge in [-0.2, -0.15) is 0 Å². The van der Waals surface area contributed by atoms with Gasteiger partial charge >= 0.3 is 5.69 Å². The maximum absolute atomic E-state index is 10.6.